The molecule has 0 heterocycles. The van der Waals surface area contributed by atoms with Gasteiger partial charge in [-0.2, -0.15) is 0 Å². The van der Waals surface area contributed by atoms with Crippen LogP contribution in [0.4, 0.5) is 5.69 Å². The number of ether oxygens (including phenoxy) is 1. The maximum absolute atomic E-state index is 11.6. The fraction of sp³-hybridized carbons (Fsp3) is 0.357. The van der Waals surface area contributed by atoms with Crippen LogP contribution in [0.25, 0.3) is 0 Å². The number of methoxy groups -OCH3 is 1. The average Bonchev–Trinajstić information content (AvgIpc) is 2.27. The van der Waals surface area contributed by atoms with E-state index in [-0.39, 0.29) is 5.78 Å². The minimum absolute atomic E-state index is 0.194. The van der Waals surface area contributed by atoms with Crippen LogP contribution >= 0.6 is 0 Å². The molecule has 0 atom stereocenters. The molecule has 0 aliphatic heterocycles. The summed E-state index contributed by atoms with van der Waals surface area (Å²) in [6.45, 7) is 5.59. The van der Waals surface area contributed by atoms with E-state index in [0.29, 0.717) is 30.7 Å². The molecule has 1 aromatic rings. The topological polar surface area (TPSA) is 52.3 Å². The highest BCUT2D eigenvalue weighted by molar-refractivity contribution is 5.81. The highest BCUT2D eigenvalue weighted by atomic mass is 16.5. The van der Waals surface area contributed by atoms with Crippen molar-refractivity contribution < 1.29 is 9.53 Å². The SMILES string of the molecule is C=C(C)CC(=O)CCc1cccc(OC)c1N. The third kappa shape index (κ3) is 3.94. The fourth-order valence-electron chi connectivity index (χ4n) is 1.68. The van der Waals surface area contributed by atoms with Gasteiger partial charge in [0.05, 0.1) is 12.8 Å². The summed E-state index contributed by atoms with van der Waals surface area (Å²) < 4.78 is 5.13. The predicted molar refractivity (Wildman–Crippen MR) is 70.2 cm³/mol. The van der Waals surface area contributed by atoms with Gasteiger partial charge >= 0.3 is 0 Å². The first-order valence-electron chi connectivity index (χ1n) is 5.62. The van der Waals surface area contributed by atoms with Crippen molar-refractivity contribution in [3.63, 3.8) is 0 Å². The molecule has 0 saturated carbocycles. The van der Waals surface area contributed by atoms with Crippen LogP contribution in [0.2, 0.25) is 0 Å². The highest BCUT2D eigenvalue weighted by Gasteiger charge is 2.08. The van der Waals surface area contributed by atoms with Crippen molar-refractivity contribution >= 4 is 11.5 Å². The first-order valence-corrected chi connectivity index (χ1v) is 5.62. The second-order valence-electron chi connectivity index (χ2n) is 4.21. The van der Waals surface area contributed by atoms with Crippen molar-refractivity contribution in [2.24, 2.45) is 0 Å². The number of nitrogens with two attached hydrogens (primary N) is 1. The molecule has 3 heteroatoms. The summed E-state index contributed by atoms with van der Waals surface area (Å²) in [4.78, 5) is 11.6. The first kappa shape index (κ1) is 13.3. The Kier molecular flexibility index (Phi) is 4.76. The molecule has 0 amide bonds. The molecule has 1 rings (SSSR count). The number of carbonyl (C=O) groups is 1. The normalized spacial score (nSPS) is 10.0. The second kappa shape index (κ2) is 6.09. The fourth-order valence-corrected chi connectivity index (χ4v) is 1.68. The molecule has 0 radical (unpaired) electrons. The molecule has 0 spiro atoms. The number of ketones is 1. The van der Waals surface area contributed by atoms with Gasteiger partial charge in [-0.15, -0.1) is 0 Å². The molecule has 0 saturated heterocycles. The second-order valence-corrected chi connectivity index (χ2v) is 4.21. The van der Waals surface area contributed by atoms with E-state index in [0.717, 1.165) is 11.1 Å². The monoisotopic (exact) mass is 233 g/mol. The van der Waals surface area contributed by atoms with Crippen LogP contribution < -0.4 is 10.5 Å². The van der Waals surface area contributed by atoms with Crippen molar-refractivity contribution in [3.8, 4) is 5.75 Å². The van der Waals surface area contributed by atoms with Gasteiger partial charge in [0.15, 0.2) is 0 Å². The maximum atomic E-state index is 11.6. The molecule has 0 fully saturated rings. The lowest BCUT2D eigenvalue weighted by Crippen LogP contribution is -2.03. The summed E-state index contributed by atoms with van der Waals surface area (Å²) in [5.41, 5.74) is 8.41. The number of para-hydroxylation sites is 1. The Morgan fingerprint density at radius 1 is 1.47 bits per heavy atom. The maximum Gasteiger partial charge on any atom is 0.142 e. The van der Waals surface area contributed by atoms with Gasteiger partial charge in [-0.1, -0.05) is 24.3 Å². The van der Waals surface area contributed by atoms with Crippen molar-refractivity contribution in [1.29, 1.82) is 0 Å². The molecule has 0 bridgehead atoms. The van der Waals surface area contributed by atoms with Crippen molar-refractivity contribution in [2.45, 2.75) is 26.2 Å². The molecule has 0 aliphatic rings. The number of hydrogen-bond donors (Lipinski definition) is 1. The van der Waals surface area contributed by atoms with Gasteiger partial charge in [0.2, 0.25) is 0 Å². The summed E-state index contributed by atoms with van der Waals surface area (Å²) in [6, 6.07) is 5.62. The van der Waals surface area contributed by atoms with Gasteiger partial charge in [-0.3, -0.25) is 4.79 Å². The quantitative estimate of drug-likeness (QED) is 0.607. The van der Waals surface area contributed by atoms with Crippen LogP contribution in [0.3, 0.4) is 0 Å². The van der Waals surface area contributed by atoms with E-state index in [1.807, 2.05) is 25.1 Å². The van der Waals surface area contributed by atoms with E-state index >= 15 is 0 Å². The molecular weight excluding hydrogens is 214 g/mol. The summed E-state index contributed by atoms with van der Waals surface area (Å²) in [6.07, 6.45) is 1.59. The van der Waals surface area contributed by atoms with E-state index in [1.165, 1.54) is 0 Å². The average molecular weight is 233 g/mol. The van der Waals surface area contributed by atoms with E-state index < -0.39 is 0 Å². The van der Waals surface area contributed by atoms with Crippen LogP contribution in [0, 0.1) is 0 Å². The third-order valence-corrected chi connectivity index (χ3v) is 2.55. The van der Waals surface area contributed by atoms with Gasteiger partial charge in [0.25, 0.3) is 0 Å². The largest absolute Gasteiger partial charge is 0.495 e. The molecule has 17 heavy (non-hydrogen) atoms. The molecule has 0 aliphatic carbocycles. The lowest BCUT2D eigenvalue weighted by atomic mass is 10.0. The van der Waals surface area contributed by atoms with Gasteiger partial charge < -0.3 is 10.5 Å². The Hall–Kier alpha value is -1.77. The lowest BCUT2D eigenvalue weighted by molar-refractivity contribution is -0.118. The van der Waals surface area contributed by atoms with Gasteiger partial charge in [0.1, 0.15) is 11.5 Å². The van der Waals surface area contributed by atoms with Gasteiger partial charge in [-0.05, 0) is 25.0 Å². The third-order valence-electron chi connectivity index (χ3n) is 2.55. The lowest BCUT2D eigenvalue weighted by Gasteiger charge is -2.09. The summed E-state index contributed by atoms with van der Waals surface area (Å²) in [5.74, 6) is 0.856. The molecule has 3 nitrogen and oxygen atoms in total. The molecule has 1 aromatic carbocycles. The van der Waals surface area contributed by atoms with E-state index in [4.69, 9.17) is 10.5 Å². The van der Waals surface area contributed by atoms with Gasteiger partial charge in [-0.25, -0.2) is 0 Å². The van der Waals surface area contributed by atoms with Crippen molar-refractivity contribution in [2.75, 3.05) is 12.8 Å². The minimum atomic E-state index is 0.194. The standard InChI is InChI=1S/C14H19NO2/c1-10(2)9-12(16)8-7-11-5-4-6-13(17-3)14(11)15/h4-6H,1,7-9,15H2,2-3H3. The Balaban J connectivity index is 2.63. The number of benzene rings is 1. The number of anilines is 1. The molecule has 0 unspecified atom stereocenters. The summed E-state index contributed by atoms with van der Waals surface area (Å²) in [5, 5.41) is 0. The number of carbonyl (C=O) groups excluding carboxylic acids is 1. The number of Topliss-reactive ketones (excluding diaryl/α,β-unsaturated/α-hetero) is 1. The number of hydrogen-bond acceptors (Lipinski definition) is 3. The number of rotatable bonds is 6. The number of allylic oxidation sites excluding steroid dienone is 1. The highest BCUT2D eigenvalue weighted by Crippen LogP contribution is 2.25. The van der Waals surface area contributed by atoms with E-state index in [9.17, 15) is 4.79 Å². The first-order chi connectivity index (χ1) is 8.04. The van der Waals surface area contributed by atoms with Crippen LogP contribution in [-0.2, 0) is 11.2 Å². The van der Waals surface area contributed by atoms with E-state index in [2.05, 4.69) is 6.58 Å². The van der Waals surface area contributed by atoms with Crippen LogP contribution in [0.15, 0.2) is 30.4 Å². The molecular formula is C14H19NO2. The summed E-state index contributed by atoms with van der Waals surface area (Å²) in [7, 11) is 1.59. The Morgan fingerprint density at radius 3 is 2.76 bits per heavy atom. The van der Waals surface area contributed by atoms with Crippen molar-refractivity contribution in [3.05, 3.63) is 35.9 Å². The molecule has 2 N–H and O–H groups in total. The predicted octanol–water partition coefficient (Wildman–Crippen LogP) is 2.75. The zero-order valence-electron chi connectivity index (χ0n) is 10.5. The van der Waals surface area contributed by atoms with E-state index in [1.54, 1.807) is 7.11 Å². The molecule has 92 valence electrons. The van der Waals surface area contributed by atoms with Crippen LogP contribution in [0.1, 0.15) is 25.3 Å². The number of nitrogen functional groups attached to an aromatic ring is 1. The Morgan fingerprint density at radius 2 is 2.18 bits per heavy atom. The van der Waals surface area contributed by atoms with Crippen LogP contribution in [-0.4, -0.2) is 12.9 Å². The Bertz CT molecular complexity index is 424. The number of aryl methyl sites for hydroxylation is 1. The van der Waals surface area contributed by atoms with Crippen molar-refractivity contribution in [1.82, 2.24) is 0 Å². The minimum Gasteiger partial charge on any atom is -0.495 e. The molecule has 0 aromatic heterocycles. The van der Waals surface area contributed by atoms with Crippen LogP contribution in [0.5, 0.6) is 5.75 Å². The zero-order valence-corrected chi connectivity index (χ0v) is 10.5. The summed E-state index contributed by atoms with van der Waals surface area (Å²) >= 11 is 0. The zero-order chi connectivity index (χ0) is 12.8. The Labute approximate surface area is 102 Å². The smallest absolute Gasteiger partial charge is 0.142 e. The van der Waals surface area contributed by atoms with Gasteiger partial charge in [0, 0.05) is 12.8 Å².